The minimum atomic E-state index is -4.04. The molecule has 0 bridgehead atoms. The summed E-state index contributed by atoms with van der Waals surface area (Å²) in [6.45, 7) is 1.57. The molecule has 0 atom stereocenters. The summed E-state index contributed by atoms with van der Waals surface area (Å²) in [5, 5.41) is 16.3. The minimum absolute atomic E-state index is 0.0842. The first-order valence-corrected chi connectivity index (χ1v) is 11.5. The molecule has 0 aromatic heterocycles. The maximum absolute atomic E-state index is 12.9. The Morgan fingerprint density at radius 3 is 2.16 bits per heavy atom. The van der Waals surface area contributed by atoms with Crippen LogP contribution in [0.25, 0.3) is 0 Å². The van der Waals surface area contributed by atoms with Gasteiger partial charge in [0.1, 0.15) is 4.90 Å². The van der Waals surface area contributed by atoms with Gasteiger partial charge in [-0.1, -0.05) is 11.6 Å². The Morgan fingerprint density at radius 1 is 1.06 bits per heavy atom. The van der Waals surface area contributed by atoms with Crippen LogP contribution in [-0.2, 0) is 19.6 Å². The van der Waals surface area contributed by atoms with Crippen molar-refractivity contribution in [3.8, 4) is 0 Å². The minimum Gasteiger partial charge on any atom is -0.326 e. The van der Waals surface area contributed by atoms with E-state index in [2.05, 4.69) is 10.6 Å². The van der Waals surface area contributed by atoms with Gasteiger partial charge in [-0.2, -0.15) is 4.31 Å². The fraction of sp³-hybridized carbons (Fsp3) is 0.300. The van der Waals surface area contributed by atoms with Gasteiger partial charge in [-0.25, -0.2) is 8.42 Å². The summed E-state index contributed by atoms with van der Waals surface area (Å²) in [5.41, 5.74) is 0.795. The number of hydrogen-bond donors (Lipinski definition) is 2. The van der Waals surface area contributed by atoms with Crippen LogP contribution >= 0.6 is 11.6 Å². The molecule has 2 amide bonds. The Balaban J connectivity index is 1.63. The van der Waals surface area contributed by atoms with E-state index in [1.54, 1.807) is 24.3 Å². The number of nitro benzene ring substituents is 1. The molecular weight excluding hydrogens is 460 g/mol. The first-order chi connectivity index (χ1) is 15.1. The average Bonchev–Trinajstić information content (AvgIpc) is 2.75. The number of sulfonamides is 1. The molecule has 2 aromatic carbocycles. The van der Waals surface area contributed by atoms with Crippen LogP contribution in [0.15, 0.2) is 47.4 Å². The van der Waals surface area contributed by atoms with Crippen LogP contribution in [0, 0.1) is 16.0 Å². The molecule has 3 rings (SSSR count). The Hall–Kier alpha value is -3.02. The number of piperidine rings is 1. The molecule has 32 heavy (non-hydrogen) atoms. The molecule has 1 heterocycles. The van der Waals surface area contributed by atoms with Crippen LogP contribution in [0.1, 0.15) is 19.8 Å². The molecule has 1 aliphatic rings. The lowest BCUT2D eigenvalue weighted by Crippen LogP contribution is -2.41. The molecule has 1 saturated heterocycles. The zero-order chi connectivity index (χ0) is 23.5. The highest BCUT2D eigenvalue weighted by Gasteiger charge is 2.34. The molecule has 1 aliphatic heterocycles. The number of nitrogens with zero attached hydrogens (tertiary/aromatic N) is 2. The SMILES string of the molecule is CC(=O)Nc1ccc(NC(=O)C2CCN(S(=O)(=O)c3cc([N+](=O)[O-])ccc3Cl)CC2)cc1. The number of hydrogen-bond acceptors (Lipinski definition) is 6. The first-order valence-electron chi connectivity index (χ1n) is 9.70. The third kappa shape index (κ3) is 5.42. The first kappa shape index (κ1) is 23.6. The standard InChI is InChI=1S/C20H21ClN4O6S/c1-13(26)22-15-2-4-16(5-3-15)23-20(27)14-8-10-24(11-9-14)32(30,31)19-12-17(25(28)29)6-7-18(19)21/h2-7,12,14H,8-11H2,1H3,(H,22,26)(H,23,27). The normalized spacial score (nSPS) is 15.2. The van der Waals surface area contributed by atoms with Gasteiger partial charge in [0.25, 0.3) is 5.69 Å². The molecule has 2 N–H and O–H groups in total. The van der Waals surface area contributed by atoms with Crippen molar-refractivity contribution in [2.24, 2.45) is 5.92 Å². The smallest absolute Gasteiger partial charge is 0.270 e. The summed E-state index contributed by atoms with van der Waals surface area (Å²) in [6.07, 6.45) is 0.586. The average molecular weight is 481 g/mol. The molecule has 1 fully saturated rings. The highest BCUT2D eigenvalue weighted by Crippen LogP contribution is 2.31. The van der Waals surface area contributed by atoms with Crippen molar-refractivity contribution in [1.82, 2.24) is 4.31 Å². The molecule has 0 radical (unpaired) electrons. The third-order valence-electron chi connectivity index (χ3n) is 5.04. The van der Waals surface area contributed by atoms with Crippen molar-refractivity contribution < 1.29 is 22.9 Å². The summed E-state index contributed by atoms with van der Waals surface area (Å²) in [4.78, 5) is 33.6. The van der Waals surface area contributed by atoms with E-state index in [-0.39, 0.29) is 40.5 Å². The van der Waals surface area contributed by atoms with E-state index in [1.165, 1.54) is 17.3 Å². The van der Waals surface area contributed by atoms with Crippen molar-refractivity contribution in [2.45, 2.75) is 24.7 Å². The number of nitrogens with one attached hydrogen (secondary N) is 2. The largest absolute Gasteiger partial charge is 0.326 e. The van der Waals surface area contributed by atoms with Gasteiger partial charge < -0.3 is 10.6 Å². The number of halogens is 1. The van der Waals surface area contributed by atoms with E-state index in [4.69, 9.17) is 11.6 Å². The van der Waals surface area contributed by atoms with Crippen molar-refractivity contribution in [2.75, 3.05) is 23.7 Å². The van der Waals surface area contributed by atoms with Crippen LogP contribution in [-0.4, -0.2) is 42.6 Å². The number of benzene rings is 2. The molecular formula is C20H21ClN4O6S. The molecule has 0 spiro atoms. The van der Waals surface area contributed by atoms with Crippen molar-refractivity contribution in [3.05, 3.63) is 57.6 Å². The van der Waals surface area contributed by atoms with Crippen molar-refractivity contribution in [3.63, 3.8) is 0 Å². The fourth-order valence-electron chi connectivity index (χ4n) is 3.39. The molecule has 10 nitrogen and oxygen atoms in total. The Morgan fingerprint density at radius 2 is 1.62 bits per heavy atom. The van der Waals surface area contributed by atoms with Gasteiger partial charge in [-0.15, -0.1) is 0 Å². The van der Waals surface area contributed by atoms with E-state index < -0.39 is 20.9 Å². The molecule has 170 valence electrons. The lowest BCUT2D eigenvalue weighted by molar-refractivity contribution is -0.385. The van der Waals surface area contributed by atoms with Crippen LogP contribution < -0.4 is 10.6 Å². The quantitative estimate of drug-likeness (QED) is 0.480. The van der Waals surface area contributed by atoms with E-state index in [0.29, 0.717) is 24.2 Å². The molecule has 0 unspecified atom stereocenters. The van der Waals surface area contributed by atoms with E-state index >= 15 is 0 Å². The number of non-ortho nitro benzene ring substituents is 1. The number of amides is 2. The number of nitro groups is 1. The van der Waals surface area contributed by atoms with Crippen LogP contribution in [0.3, 0.4) is 0 Å². The Labute approximate surface area is 189 Å². The molecule has 2 aromatic rings. The second-order valence-corrected chi connectivity index (χ2v) is 9.61. The summed E-state index contributed by atoms with van der Waals surface area (Å²) >= 11 is 6.00. The second-order valence-electron chi connectivity index (χ2n) is 7.30. The van der Waals surface area contributed by atoms with E-state index in [9.17, 15) is 28.1 Å². The second kappa shape index (κ2) is 9.63. The summed E-state index contributed by atoms with van der Waals surface area (Å²) in [6, 6.07) is 9.91. The van der Waals surface area contributed by atoms with Crippen LogP contribution in [0.4, 0.5) is 17.1 Å². The maximum atomic E-state index is 12.9. The van der Waals surface area contributed by atoms with Gasteiger partial charge in [0.05, 0.1) is 9.95 Å². The van der Waals surface area contributed by atoms with Gasteiger partial charge in [0.15, 0.2) is 0 Å². The van der Waals surface area contributed by atoms with Crippen molar-refractivity contribution in [1.29, 1.82) is 0 Å². The number of carbonyl (C=O) groups excluding carboxylic acids is 2. The van der Waals surface area contributed by atoms with E-state index in [0.717, 1.165) is 12.1 Å². The lowest BCUT2D eigenvalue weighted by atomic mass is 9.97. The summed E-state index contributed by atoms with van der Waals surface area (Å²) < 4.78 is 27.1. The summed E-state index contributed by atoms with van der Waals surface area (Å²) in [7, 11) is -4.04. The predicted octanol–water partition coefficient (Wildman–Crippen LogP) is 3.25. The van der Waals surface area contributed by atoms with Gasteiger partial charge in [-0.05, 0) is 43.2 Å². The third-order valence-corrected chi connectivity index (χ3v) is 7.42. The van der Waals surface area contributed by atoms with Crippen LogP contribution in [0.5, 0.6) is 0 Å². The topological polar surface area (TPSA) is 139 Å². The Bertz CT molecular complexity index is 1150. The number of anilines is 2. The highest BCUT2D eigenvalue weighted by atomic mass is 35.5. The van der Waals surface area contributed by atoms with Gasteiger partial charge >= 0.3 is 0 Å². The monoisotopic (exact) mass is 480 g/mol. The zero-order valence-electron chi connectivity index (χ0n) is 17.1. The lowest BCUT2D eigenvalue weighted by Gasteiger charge is -2.30. The predicted molar refractivity (Wildman–Crippen MR) is 119 cm³/mol. The van der Waals surface area contributed by atoms with Crippen molar-refractivity contribution >= 4 is 50.5 Å². The zero-order valence-corrected chi connectivity index (χ0v) is 18.6. The summed E-state index contributed by atoms with van der Waals surface area (Å²) in [5.74, 6) is -0.824. The van der Waals surface area contributed by atoms with E-state index in [1.807, 2.05) is 0 Å². The highest BCUT2D eigenvalue weighted by molar-refractivity contribution is 7.89. The van der Waals surface area contributed by atoms with Crippen LogP contribution in [0.2, 0.25) is 5.02 Å². The van der Waals surface area contributed by atoms with Gasteiger partial charge in [0, 0.05) is 49.4 Å². The number of carbonyl (C=O) groups is 2. The fourth-order valence-corrected chi connectivity index (χ4v) is 5.35. The molecule has 0 aliphatic carbocycles. The maximum Gasteiger partial charge on any atom is 0.270 e. The Kier molecular flexibility index (Phi) is 7.12. The van der Waals surface area contributed by atoms with Gasteiger partial charge in [-0.3, -0.25) is 19.7 Å². The van der Waals surface area contributed by atoms with Gasteiger partial charge in [0.2, 0.25) is 21.8 Å². The number of rotatable bonds is 6. The molecule has 0 saturated carbocycles. The molecule has 12 heteroatoms.